The van der Waals surface area contributed by atoms with E-state index in [0.717, 1.165) is 22.5 Å². The summed E-state index contributed by atoms with van der Waals surface area (Å²) in [5.41, 5.74) is 2.51. The van der Waals surface area contributed by atoms with Crippen molar-refractivity contribution >= 4 is 16.7 Å². The van der Waals surface area contributed by atoms with E-state index in [1.165, 1.54) is 0 Å². The second-order valence-corrected chi connectivity index (χ2v) is 7.03. The maximum atomic E-state index is 6.08. The molecule has 1 fully saturated rings. The fourth-order valence-electron chi connectivity index (χ4n) is 3.33. The highest BCUT2D eigenvalue weighted by Gasteiger charge is 2.39. The summed E-state index contributed by atoms with van der Waals surface area (Å²) in [6.07, 6.45) is -0.605. The molecule has 0 bridgehead atoms. The standard InChI is InChI=1S/C19H20N4O4/c1-19(2)26-10-17(27-19)18(23-21-13-5-3-4-6-14(13)22-23)20-12-7-8-15-16(9-12)25-11-24-15/h3-9,17-18,20H,10-11H2,1-2H3/t17-,18?/m1/s1. The highest BCUT2D eigenvalue weighted by molar-refractivity contribution is 5.73. The zero-order valence-electron chi connectivity index (χ0n) is 15.1. The van der Waals surface area contributed by atoms with Crippen molar-refractivity contribution in [2.24, 2.45) is 0 Å². The minimum atomic E-state index is -0.647. The number of nitrogens with one attached hydrogen (secondary N) is 1. The molecule has 1 aromatic heterocycles. The van der Waals surface area contributed by atoms with Crippen molar-refractivity contribution in [2.45, 2.75) is 31.9 Å². The van der Waals surface area contributed by atoms with Crippen LogP contribution >= 0.6 is 0 Å². The fourth-order valence-corrected chi connectivity index (χ4v) is 3.33. The predicted octanol–water partition coefficient (Wildman–Crippen LogP) is 2.92. The van der Waals surface area contributed by atoms with E-state index < -0.39 is 5.79 Å². The molecule has 5 rings (SSSR count). The topological polar surface area (TPSA) is 79.7 Å². The minimum absolute atomic E-state index is 0.238. The first-order valence-electron chi connectivity index (χ1n) is 8.87. The van der Waals surface area contributed by atoms with Gasteiger partial charge in [0.15, 0.2) is 23.5 Å². The summed E-state index contributed by atoms with van der Waals surface area (Å²) in [6.45, 7) is 4.48. The first-order valence-corrected chi connectivity index (χ1v) is 8.87. The summed E-state index contributed by atoms with van der Waals surface area (Å²) >= 11 is 0. The number of hydrogen-bond acceptors (Lipinski definition) is 7. The quantitative estimate of drug-likeness (QED) is 0.758. The molecule has 1 N–H and O–H groups in total. The molecule has 2 aliphatic heterocycles. The molecule has 2 aromatic carbocycles. The Bertz CT molecular complexity index is 954. The Labute approximate surface area is 156 Å². The third kappa shape index (κ3) is 3.07. The molecule has 140 valence electrons. The van der Waals surface area contributed by atoms with Gasteiger partial charge in [0.2, 0.25) is 6.79 Å². The van der Waals surface area contributed by atoms with Gasteiger partial charge in [-0.2, -0.15) is 15.0 Å². The van der Waals surface area contributed by atoms with Crippen LogP contribution in [0.3, 0.4) is 0 Å². The van der Waals surface area contributed by atoms with E-state index in [1.54, 1.807) is 4.80 Å². The second-order valence-electron chi connectivity index (χ2n) is 7.03. The molecule has 3 heterocycles. The molecule has 0 saturated carbocycles. The minimum Gasteiger partial charge on any atom is -0.454 e. The Morgan fingerprint density at radius 3 is 2.52 bits per heavy atom. The lowest BCUT2D eigenvalue weighted by Gasteiger charge is -2.25. The smallest absolute Gasteiger partial charge is 0.231 e. The summed E-state index contributed by atoms with van der Waals surface area (Å²) in [5.74, 6) is 0.800. The van der Waals surface area contributed by atoms with Gasteiger partial charge >= 0.3 is 0 Å². The van der Waals surface area contributed by atoms with Crippen LogP contribution in [0.5, 0.6) is 11.5 Å². The molecule has 2 aliphatic rings. The maximum absolute atomic E-state index is 6.08. The van der Waals surface area contributed by atoms with E-state index in [0.29, 0.717) is 12.4 Å². The molecular weight excluding hydrogens is 348 g/mol. The van der Waals surface area contributed by atoms with Gasteiger partial charge < -0.3 is 24.3 Å². The summed E-state index contributed by atoms with van der Waals surface area (Å²) in [6, 6.07) is 13.5. The van der Waals surface area contributed by atoms with Crippen molar-refractivity contribution in [2.75, 3.05) is 18.7 Å². The molecule has 8 heteroatoms. The first kappa shape index (κ1) is 16.3. The van der Waals surface area contributed by atoms with Crippen molar-refractivity contribution in [3.8, 4) is 11.5 Å². The van der Waals surface area contributed by atoms with Gasteiger partial charge in [-0.15, -0.1) is 0 Å². The lowest BCUT2D eigenvalue weighted by molar-refractivity contribution is -0.143. The van der Waals surface area contributed by atoms with Crippen LogP contribution < -0.4 is 14.8 Å². The van der Waals surface area contributed by atoms with Gasteiger partial charge in [0.25, 0.3) is 0 Å². The Balaban J connectivity index is 1.50. The van der Waals surface area contributed by atoms with Crippen LogP contribution in [-0.2, 0) is 9.47 Å². The molecular formula is C19H20N4O4. The summed E-state index contributed by atoms with van der Waals surface area (Å²) in [7, 11) is 0. The fraction of sp³-hybridized carbons (Fsp3) is 0.368. The van der Waals surface area contributed by atoms with Gasteiger partial charge in [-0.1, -0.05) is 12.1 Å². The third-order valence-corrected chi connectivity index (χ3v) is 4.62. The number of fused-ring (bicyclic) bond motifs is 2. The predicted molar refractivity (Wildman–Crippen MR) is 97.7 cm³/mol. The Morgan fingerprint density at radius 1 is 1.07 bits per heavy atom. The average molecular weight is 368 g/mol. The number of benzene rings is 2. The molecule has 8 nitrogen and oxygen atoms in total. The van der Waals surface area contributed by atoms with E-state index >= 15 is 0 Å². The SMILES string of the molecule is CC1(C)OC[C@H](C(Nc2ccc3c(c2)OCO3)n2nc3ccccc3n2)O1. The van der Waals surface area contributed by atoms with Gasteiger partial charge in [-0.05, 0) is 38.1 Å². The molecule has 0 amide bonds. The van der Waals surface area contributed by atoms with Crippen LogP contribution in [0, 0.1) is 0 Å². The summed E-state index contributed by atoms with van der Waals surface area (Å²) in [4.78, 5) is 1.66. The largest absolute Gasteiger partial charge is 0.454 e. The molecule has 0 radical (unpaired) electrons. The zero-order valence-corrected chi connectivity index (χ0v) is 15.1. The van der Waals surface area contributed by atoms with Gasteiger partial charge in [0, 0.05) is 11.8 Å². The lowest BCUT2D eigenvalue weighted by atomic mass is 10.2. The van der Waals surface area contributed by atoms with E-state index in [4.69, 9.17) is 18.9 Å². The molecule has 2 atom stereocenters. The number of hydrogen-bond donors (Lipinski definition) is 1. The number of rotatable bonds is 4. The number of ether oxygens (including phenoxy) is 4. The van der Waals surface area contributed by atoms with Crippen LogP contribution in [0.2, 0.25) is 0 Å². The highest BCUT2D eigenvalue weighted by Crippen LogP contribution is 2.36. The zero-order chi connectivity index (χ0) is 18.4. The first-order chi connectivity index (χ1) is 13.1. The monoisotopic (exact) mass is 368 g/mol. The number of anilines is 1. The van der Waals surface area contributed by atoms with Crippen molar-refractivity contribution < 1.29 is 18.9 Å². The molecule has 0 spiro atoms. The maximum Gasteiger partial charge on any atom is 0.231 e. The van der Waals surface area contributed by atoms with Crippen LogP contribution in [-0.4, -0.2) is 40.3 Å². The van der Waals surface area contributed by atoms with Gasteiger partial charge in [-0.3, -0.25) is 0 Å². The lowest BCUT2D eigenvalue weighted by Crippen LogP contribution is -2.35. The van der Waals surface area contributed by atoms with Crippen molar-refractivity contribution in [3.05, 3.63) is 42.5 Å². The average Bonchev–Trinajstić information content (AvgIpc) is 3.36. The summed E-state index contributed by atoms with van der Waals surface area (Å²) in [5, 5.41) is 12.7. The van der Waals surface area contributed by atoms with Crippen LogP contribution in [0.4, 0.5) is 5.69 Å². The second kappa shape index (κ2) is 6.11. The van der Waals surface area contributed by atoms with Crippen molar-refractivity contribution in [3.63, 3.8) is 0 Å². The highest BCUT2D eigenvalue weighted by atomic mass is 16.7. The van der Waals surface area contributed by atoms with Gasteiger partial charge in [0.1, 0.15) is 17.1 Å². The van der Waals surface area contributed by atoms with Crippen molar-refractivity contribution in [1.82, 2.24) is 15.0 Å². The van der Waals surface area contributed by atoms with E-state index in [-0.39, 0.29) is 19.1 Å². The summed E-state index contributed by atoms with van der Waals surface area (Å²) < 4.78 is 22.7. The van der Waals surface area contributed by atoms with Crippen LogP contribution in [0.15, 0.2) is 42.5 Å². The Kier molecular flexibility index (Phi) is 3.70. The van der Waals surface area contributed by atoms with E-state index in [2.05, 4.69) is 15.5 Å². The molecule has 3 aromatic rings. The van der Waals surface area contributed by atoms with Crippen LogP contribution in [0.1, 0.15) is 20.0 Å². The normalized spacial score (nSPS) is 21.5. The number of nitrogens with zero attached hydrogens (tertiary/aromatic N) is 3. The molecule has 1 saturated heterocycles. The van der Waals surface area contributed by atoms with Crippen LogP contribution in [0.25, 0.3) is 11.0 Å². The molecule has 27 heavy (non-hydrogen) atoms. The molecule has 1 unspecified atom stereocenters. The molecule has 0 aliphatic carbocycles. The Morgan fingerprint density at radius 2 is 1.81 bits per heavy atom. The van der Waals surface area contributed by atoms with E-state index in [9.17, 15) is 0 Å². The van der Waals surface area contributed by atoms with Gasteiger partial charge in [0.05, 0.1) is 6.61 Å². The number of aromatic nitrogens is 3. The van der Waals surface area contributed by atoms with Gasteiger partial charge in [-0.25, -0.2) is 0 Å². The Hall–Kier alpha value is -2.84. The van der Waals surface area contributed by atoms with Crippen molar-refractivity contribution in [1.29, 1.82) is 0 Å². The third-order valence-electron chi connectivity index (χ3n) is 4.62. The van der Waals surface area contributed by atoms with E-state index in [1.807, 2.05) is 56.3 Å².